The predicted octanol–water partition coefficient (Wildman–Crippen LogP) is 2.13. The van der Waals surface area contributed by atoms with Gasteiger partial charge in [0.15, 0.2) is 0 Å². The van der Waals surface area contributed by atoms with Crippen molar-refractivity contribution in [1.82, 2.24) is 0 Å². The van der Waals surface area contributed by atoms with E-state index >= 15 is 0 Å². The maximum absolute atomic E-state index is 11.1. The number of hydrogen-bond donors (Lipinski definition) is 0. The van der Waals surface area contributed by atoms with Gasteiger partial charge in [0, 0.05) is 6.08 Å². The van der Waals surface area contributed by atoms with Crippen LogP contribution in [0.15, 0.2) is 36.5 Å². The predicted molar refractivity (Wildman–Crippen MR) is 56.7 cm³/mol. The summed E-state index contributed by atoms with van der Waals surface area (Å²) in [6, 6.07) is 2.18. The maximum atomic E-state index is 11.1. The zero-order valence-electron chi connectivity index (χ0n) is 8.64. The van der Waals surface area contributed by atoms with Crippen molar-refractivity contribution in [1.29, 1.82) is 5.26 Å². The third kappa shape index (κ3) is 3.10. The number of ether oxygens (including phenoxy) is 1. The lowest BCUT2D eigenvalue weighted by Gasteiger charge is -2.18. The molecule has 1 aliphatic rings. The molecule has 1 rings (SSSR count). The number of allylic oxidation sites excluding steroid dienone is 5. The molecule has 78 valence electrons. The molecule has 1 unspecified atom stereocenters. The smallest absolute Gasteiger partial charge is 0.330 e. The first-order valence-electron chi connectivity index (χ1n) is 4.84. The van der Waals surface area contributed by atoms with Gasteiger partial charge in [0.1, 0.15) is 0 Å². The van der Waals surface area contributed by atoms with Gasteiger partial charge < -0.3 is 4.74 Å². The molecule has 0 aromatic carbocycles. The molecular weight excluding hydrogens is 190 g/mol. The fourth-order valence-corrected chi connectivity index (χ4v) is 1.29. The molecule has 0 aromatic heterocycles. The summed E-state index contributed by atoms with van der Waals surface area (Å²) in [5.41, 5.74) is -0.693. The topological polar surface area (TPSA) is 50.1 Å². The molecule has 0 bridgehead atoms. The first-order chi connectivity index (χ1) is 7.22. The highest BCUT2D eigenvalue weighted by Crippen LogP contribution is 2.28. The van der Waals surface area contributed by atoms with Crippen molar-refractivity contribution in [3.05, 3.63) is 36.5 Å². The molecule has 1 atom stereocenters. The number of esters is 1. The highest BCUT2D eigenvalue weighted by molar-refractivity contribution is 5.82. The molecule has 0 heterocycles. The third-order valence-electron chi connectivity index (χ3n) is 2.11. The number of carbonyl (C=O) groups excluding carboxylic acids is 1. The molecule has 15 heavy (non-hydrogen) atoms. The third-order valence-corrected chi connectivity index (χ3v) is 2.11. The summed E-state index contributed by atoms with van der Waals surface area (Å²) in [7, 11) is 0. The van der Waals surface area contributed by atoms with Gasteiger partial charge in [0.25, 0.3) is 0 Å². The Morgan fingerprint density at radius 2 is 2.47 bits per heavy atom. The molecule has 3 heteroatoms. The van der Waals surface area contributed by atoms with E-state index in [1.54, 1.807) is 19.1 Å². The van der Waals surface area contributed by atoms with Gasteiger partial charge in [-0.25, -0.2) is 4.79 Å². The molecule has 0 radical (unpaired) electrons. The Labute approximate surface area is 89.3 Å². The van der Waals surface area contributed by atoms with Gasteiger partial charge in [-0.2, -0.15) is 5.26 Å². The molecule has 0 aliphatic heterocycles. The van der Waals surface area contributed by atoms with Crippen LogP contribution in [0.5, 0.6) is 0 Å². The van der Waals surface area contributed by atoms with E-state index in [9.17, 15) is 4.79 Å². The quantitative estimate of drug-likeness (QED) is 0.521. The molecule has 0 saturated heterocycles. The van der Waals surface area contributed by atoms with E-state index in [0.717, 1.165) is 0 Å². The number of nitrogens with zero attached hydrogens (tertiary/aromatic N) is 1. The molecule has 0 amide bonds. The first kappa shape index (κ1) is 11.3. The lowest BCUT2D eigenvalue weighted by molar-refractivity contribution is -0.137. The number of carbonyl (C=O) groups is 1. The molecule has 1 aliphatic carbocycles. The molecular formula is C12H13NO2. The Hall–Kier alpha value is -1.82. The average molecular weight is 203 g/mol. The van der Waals surface area contributed by atoms with Crippen LogP contribution in [0.2, 0.25) is 0 Å². The summed E-state index contributed by atoms with van der Waals surface area (Å²) in [4.78, 5) is 11.1. The Morgan fingerprint density at radius 3 is 3.00 bits per heavy atom. The summed E-state index contributed by atoms with van der Waals surface area (Å²) < 4.78 is 4.75. The van der Waals surface area contributed by atoms with E-state index in [4.69, 9.17) is 10.00 Å². The van der Waals surface area contributed by atoms with Crippen molar-refractivity contribution >= 4 is 5.97 Å². The normalized spacial score (nSPS) is 24.0. The van der Waals surface area contributed by atoms with Crippen molar-refractivity contribution in [2.75, 3.05) is 6.61 Å². The summed E-state index contributed by atoms with van der Waals surface area (Å²) in [6.45, 7) is 2.09. The fourth-order valence-electron chi connectivity index (χ4n) is 1.29. The van der Waals surface area contributed by atoms with Crippen molar-refractivity contribution < 1.29 is 9.53 Å². The number of hydrogen-bond acceptors (Lipinski definition) is 3. The standard InChI is InChI=1S/C12H13NO2/c1-2-15-11(14)6-9-12(10-13)7-4-3-5-8-12/h3-7,9H,2,8H2,1H3. The van der Waals surface area contributed by atoms with Crippen molar-refractivity contribution in [3.63, 3.8) is 0 Å². The van der Waals surface area contributed by atoms with Crippen LogP contribution in [0.1, 0.15) is 13.3 Å². The van der Waals surface area contributed by atoms with Crippen molar-refractivity contribution in [2.24, 2.45) is 5.41 Å². The van der Waals surface area contributed by atoms with Crippen LogP contribution in [-0.4, -0.2) is 12.6 Å². The summed E-state index contributed by atoms with van der Waals surface area (Å²) in [6.07, 6.45) is 10.9. The van der Waals surface area contributed by atoms with Crippen LogP contribution in [0.25, 0.3) is 0 Å². The lowest BCUT2D eigenvalue weighted by atomic mass is 9.83. The van der Waals surface area contributed by atoms with E-state index in [-0.39, 0.29) is 0 Å². The minimum atomic E-state index is -0.693. The van der Waals surface area contributed by atoms with Gasteiger partial charge in [0.05, 0.1) is 18.1 Å². The van der Waals surface area contributed by atoms with Gasteiger partial charge in [-0.1, -0.05) is 30.4 Å². The second-order valence-corrected chi connectivity index (χ2v) is 3.23. The zero-order chi connectivity index (χ0) is 11.1. The number of rotatable bonds is 3. The van der Waals surface area contributed by atoms with Gasteiger partial charge in [-0.15, -0.1) is 0 Å². The van der Waals surface area contributed by atoms with E-state index in [0.29, 0.717) is 13.0 Å². The molecule has 3 nitrogen and oxygen atoms in total. The van der Waals surface area contributed by atoms with Crippen molar-refractivity contribution in [3.8, 4) is 6.07 Å². The SMILES string of the molecule is CCOC(=O)C=CC1(C#N)C=CC=CC1. The van der Waals surface area contributed by atoms with Gasteiger partial charge in [0.2, 0.25) is 0 Å². The van der Waals surface area contributed by atoms with E-state index < -0.39 is 11.4 Å². The summed E-state index contributed by atoms with van der Waals surface area (Å²) >= 11 is 0. The average Bonchev–Trinajstić information content (AvgIpc) is 2.28. The lowest BCUT2D eigenvalue weighted by Crippen LogP contribution is -2.13. The molecule has 0 aromatic rings. The monoisotopic (exact) mass is 203 g/mol. The van der Waals surface area contributed by atoms with Crippen LogP contribution < -0.4 is 0 Å². The Kier molecular flexibility index (Phi) is 3.87. The van der Waals surface area contributed by atoms with Crippen LogP contribution >= 0.6 is 0 Å². The van der Waals surface area contributed by atoms with Gasteiger partial charge in [-0.3, -0.25) is 0 Å². The second kappa shape index (κ2) is 5.16. The van der Waals surface area contributed by atoms with Gasteiger partial charge >= 0.3 is 5.97 Å². The zero-order valence-corrected chi connectivity index (χ0v) is 8.64. The molecule has 0 saturated carbocycles. The Bertz CT molecular complexity index is 360. The fraction of sp³-hybridized carbons (Fsp3) is 0.333. The summed E-state index contributed by atoms with van der Waals surface area (Å²) in [5, 5.41) is 9.05. The van der Waals surface area contributed by atoms with Crippen LogP contribution in [0, 0.1) is 16.7 Å². The van der Waals surface area contributed by atoms with Crippen LogP contribution in [0.3, 0.4) is 0 Å². The van der Waals surface area contributed by atoms with E-state index in [1.165, 1.54) is 6.08 Å². The van der Waals surface area contributed by atoms with E-state index in [1.807, 2.05) is 18.2 Å². The minimum Gasteiger partial charge on any atom is -0.463 e. The second-order valence-electron chi connectivity index (χ2n) is 3.23. The van der Waals surface area contributed by atoms with Crippen LogP contribution in [-0.2, 0) is 9.53 Å². The van der Waals surface area contributed by atoms with E-state index in [2.05, 4.69) is 6.07 Å². The van der Waals surface area contributed by atoms with Crippen LogP contribution in [0.4, 0.5) is 0 Å². The highest BCUT2D eigenvalue weighted by atomic mass is 16.5. The minimum absolute atomic E-state index is 0.346. The number of nitriles is 1. The maximum Gasteiger partial charge on any atom is 0.330 e. The molecule has 0 fully saturated rings. The first-order valence-corrected chi connectivity index (χ1v) is 4.84. The highest BCUT2D eigenvalue weighted by Gasteiger charge is 2.23. The molecule has 0 spiro atoms. The Morgan fingerprint density at radius 1 is 1.67 bits per heavy atom. The largest absolute Gasteiger partial charge is 0.463 e. The Balaban J connectivity index is 2.70. The molecule has 0 N–H and O–H groups in total. The van der Waals surface area contributed by atoms with Gasteiger partial charge in [-0.05, 0) is 13.3 Å². The van der Waals surface area contributed by atoms with Crippen molar-refractivity contribution in [2.45, 2.75) is 13.3 Å². The summed E-state index contributed by atoms with van der Waals surface area (Å²) in [5.74, 6) is -0.407.